The summed E-state index contributed by atoms with van der Waals surface area (Å²) in [5.41, 5.74) is 1.55. The Hall–Kier alpha value is -1.94. The highest BCUT2D eigenvalue weighted by atomic mass is 32.2. The molecule has 0 spiro atoms. The van der Waals surface area contributed by atoms with Crippen LogP contribution in [-0.4, -0.2) is 70.6 Å². The van der Waals surface area contributed by atoms with Crippen molar-refractivity contribution < 1.29 is 21.9 Å². The van der Waals surface area contributed by atoms with Gasteiger partial charge in [0, 0.05) is 45.3 Å². The normalized spacial score (nSPS) is 17.7. The topological polar surface area (TPSA) is 83.0 Å². The molecular formula is C17H26F2N4O3S. The lowest BCUT2D eigenvalue weighted by Gasteiger charge is -2.26. The molecule has 1 aromatic rings. The molecule has 0 amide bonds. The van der Waals surface area contributed by atoms with Crippen LogP contribution in [0.5, 0.6) is 5.75 Å². The first-order valence-corrected chi connectivity index (χ1v) is 10.5. The lowest BCUT2D eigenvalue weighted by molar-refractivity contribution is -0.0504. The highest BCUT2D eigenvalue weighted by molar-refractivity contribution is 7.91. The van der Waals surface area contributed by atoms with Gasteiger partial charge >= 0.3 is 6.61 Å². The fourth-order valence-corrected chi connectivity index (χ4v) is 4.04. The van der Waals surface area contributed by atoms with Crippen LogP contribution in [0.3, 0.4) is 0 Å². The van der Waals surface area contributed by atoms with Crippen molar-refractivity contribution in [2.24, 2.45) is 4.99 Å². The zero-order valence-electron chi connectivity index (χ0n) is 15.5. The Morgan fingerprint density at radius 3 is 2.63 bits per heavy atom. The van der Waals surface area contributed by atoms with Gasteiger partial charge in [-0.25, -0.2) is 8.42 Å². The molecule has 7 nitrogen and oxygen atoms in total. The summed E-state index contributed by atoms with van der Waals surface area (Å²) in [5.74, 6) is 1.05. The third-order valence-electron chi connectivity index (χ3n) is 4.26. The molecule has 0 unspecified atom stereocenters. The lowest BCUT2D eigenvalue weighted by atomic mass is 10.1. The van der Waals surface area contributed by atoms with Crippen molar-refractivity contribution in [3.8, 4) is 5.75 Å². The average molecular weight is 404 g/mol. The van der Waals surface area contributed by atoms with E-state index in [0.717, 1.165) is 5.56 Å². The van der Waals surface area contributed by atoms with Crippen molar-refractivity contribution >= 4 is 15.8 Å². The van der Waals surface area contributed by atoms with Gasteiger partial charge in [0.2, 0.25) is 0 Å². The second-order valence-electron chi connectivity index (χ2n) is 6.34. The SMILES string of the molecule is CN=C(NCCN1CCS(=O)(=O)CC1)NCc1cc(C)ccc1OC(F)F. The summed E-state index contributed by atoms with van der Waals surface area (Å²) in [6.45, 7) is 1.64. The predicted octanol–water partition coefficient (Wildman–Crippen LogP) is 0.992. The lowest BCUT2D eigenvalue weighted by Crippen LogP contribution is -2.45. The number of hydrogen-bond donors (Lipinski definition) is 2. The van der Waals surface area contributed by atoms with Crippen molar-refractivity contribution in [3.05, 3.63) is 29.3 Å². The Morgan fingerprint density at radius 1 is 1.30 bits per heavy atom. The number of nitrogens with zero attached hydrogens (tertiary/aromatic N) is 2. The van der Waals surface area contributed by atoms with E-state index in [1.807, 2.05) is 6.92 Å². The van der Waals surface area contributed by atoms with Crippen LogP contribution in [-0.2, 0) is 16.4 Å². The van der Waals surface area contributed by atoms with Gasteiger partial charge in [-0.05, 0) is 13.0 Å². The van der Waals surface area contributed by atoms with Crippen LogP contribution in [0.2, 0.25) is 0 Å². The van der Waals surface area contributed by atoms with Crippen LogP contribution in [0, 0.1) is 6.92 Å². The molecule has 1 saturated heterocycles. The van der Waals surface area contributed by atoms with Crippen LogP contribution in [0.25, 0.3) is 0 Å². The van der Waals surface area contributed by atoms with E-state index in [9.17, 15) is 17.2 Å². The minimum absolute atomic E-state index is 0.132. The highest BCUT2D eigenvalue weighted by Gasteiger charge is 2.21. The quantitative estimate of drug-likeness (QED) is 0.521. The first kappa shape index (κ1) is 21.4. The fourth-order valence-electron chi connectivity index (χ4n) is 2.76. The van der Waals surface area contributed by atoms with Crippen molar-refractivity contribution in [2.45, 2.75) is 20.1 Å². The number of alkyl halides is 2. The summed E-state index contributed by atoms with van der Waals surface area (Å²) in [6, 6.07) is 5.03. The minimum atomic E-state index is -2.88. The Morgan fingerprint density at radius 2 is 2.00 bits per heavy atom. The Bertz CT molecular complexity index is 743. The number of halogens is 2. The number of rotatable bonds is 7. The number of sulfone groups is 1. The molecule has 2 N–H and O–H groups in total. The van der Waals surface area contributed by atoms with Crippen LogP contribution in [0.15, 0.2) is 23.2 Å². The first-order valence-electron chi connectivity index (χ1n) is 8.71. The molecule has 0 radical (unpaired) electrons. The Balaban J connectivity index is 1.81. The molecule has 1 aromatic carbocycles. The third kappa shape index (κ3) is 7.30. The maximum atomic E-state index is 12.5. The van der Waals surface area contributed by atoms with Crippen LogP contribution in [0.4, 0.5) is 8.78 Å². The van der Waals surface area contributed by atoms with Crippen LogP contribution in [0.1, 0.15) is 11.1 Å². The standard InChI is InChI=1S/C17H26F2N4O3S/c1-13-3-4-15(26-16(18)19)14(11-13)12-22-17(20-2)21-5-6-23-7-9-27(24,25)10-8-23/h3-4,11,16H,5-10,12H2,1-2H3,(H2,20,21,22). The molecule has 27 heavy (non-hydrogen) atoms. The number of guanidine groups is 1. The maximum Gasteiger partial charge on any atom is 0.387 e. The molecule has 0 aromatic heterocycles. The third-order valence-corrected chi connectivity index (χ3v) is 5.87. The van der Waals surface area contributed by atoms with E-state index in [1.165, 1.54) is 6.07 Å². The summed E-state index contributed by atoms with van der Waals surface area (Å²) in [5, 5.41) is 6.22. The van der Waals surface area contributed by atoms with Crippen LogP contribution < -0.4 is 15.4 Å². The zero-order chi connectivity index (χ0) is 19.9. The number of aryl methyl sites for hydroxylation is 1. The van der Waals surface area contributed by atoms with Crippen molar-refractivity contribution in [3.63, 3.8) is 0 Å². The summed E-state index contributed by atoms with van der Waals surface area (Å²) < 4.78 is 52.5. The van der Waals surface area contributed by atoms with Crippen molar-refractivity contribution in [1.29, 1.82) is 0 Å². The van der Waals surface area contributed by atoms with E-state index in [1.54, 1.807) is 19.2 Å². The van der Waals surface area contributed by atoms with Gasteiger partial charge < -0.3 is 15.4 Å². The number of benzene rings is 1. The molecule has 0 aliphatic carbocycles. The second-order valence-corrected chi connectivity index (χ2v) is 8.64. The summed E-state index contributed by atoms with van der Waals surface area (Å²) in [4.78, 5) is 6.19. The molecule has 2 rings (SSSR count). The largest absolute Gasteiger partial charge is 0.434 e. The number of nitrogens with one attached hydrogen (secondary N) is 2. The van der Waals surface area contributed by atoms with E-state index in [2.05, 4.69) is 25.3 Å². The summed E-state index contributed by atoms with van der Waals surface area (Å²) in [7, 11) is -1.26. The van der Waals surface area contributed by atoms with Gasteiger partial charge in [0.25, 0.3) is 0 Å². The molecule has 0 saturated carbocycles. The van der Waals surface area contributed by atoms with E-state index >= 15 is 0 Å². The molecule has 1 aliphatic rings. The Labute approximate surface area is 158 Å². The second kappa shape index (κ2) is 9.84. The minimum Gasteiger partial charge on any atom is -0.434 e. The number of ether oxygens (including phenoxy) is 1. The highest BCUT2D eigenvalue weighted by Crippen LogP contribution is 2.21. The molecule has 10 heteroatoms. The molecule has 1 aliphatic heterocycles. The van der Waals surface area contributed by atoms with Gasteiger partial charge in [0.15, 0.2) is 15.8 Å². The van der Waals surface area contributed by atoms with Crippen molar-refractivity contribution in [2.75, 3.05) is 44.7 Å². The maximum absolute atomic E-state index is 12.5. The number of hydrogen-bond acceptors (Lipinski definition) is 5. The van der Waals surface area contributed by atoms with E-state index in [0.29, 0.717) is 37.7 Å². The Kier molecular flexibility index (Phi) is 7.78. The van der Waals surface area contributed by atoms with Gasteiger partial charge in [-0.15, -0.1) is 0 Å². The van der Waals surface area contributed by atoms with E-state index < -0.39 is 16.4 Å². The molecule has 1 heterocycles. The van der Waals surface area contributed by atoms with E-state index in [4.69, 9.17) is 0 Å². The van der Waals surface area contributed by atoms with Crippen LogP contribution >= 0.6 is 0 Å². The molecule has 0 bridgehead atoms. The van der Waals surface area contributed by atoms with Gasteiger partial charge in [-0.3, -0.25) is 9.89 Å². The monoisotopic (exact) mass is 404 g/mol. The molecule has 0 atom stereocenters. The average Bonchev–Trinajstić information content (AvgIpc) is 2.61. The van der Waals surface area contributed by atoms with Crippen molar-refractivity contribution in [1.82, 2.24) is 15.5 Å². The van der Waals surface area contributed by atoms with Gasteiger partial charge in [-0.1, -0.05) is 17.7 Å². The zero-order valence-corrected chi connectivity index (χ0v) is 16.4. The smallest absolute Gasteiger partial charge is 0.387 e. The van der Waals surface area contributed by atoms with Gasteiger partial charge in [-0.2, -0.15) is 8.78 Å². The fraction of sp³-hybridized carbons (Fsp3) is 0.588. The molecule has 152 valence electrons. The number of aliphatic imine (C=N–C) groups is 1. The predicted molar refractivity (Wildman–Crippen MR) is 101 cm³/mol. The van der Waals surface area contributed by atoms with Gasteiger partial charge in [0.05, 0.1) is 11.5 Å². The first-order chi connectivity index (χ1) is 12.8. The summed E-state index contributed by atoms with van der Waals surface area (Å²) >= 11 is 0. The van der Waals surface area contributed by atoms with E-state index in [-0.39, 0.29) is 23.8 Å². The summed E-state index contributed by atoms with van der Waals surface area (Å²) in [6.07, 6.45) is 0. The van der Waals surface area contributed by atoms with Gasteiger partial charge in [0.1, 0.15) is 5.75 Å². The molecule has 1 fully saturated rings. The molecular weight excluding hydrogens is 378 g/mol.